The van der Waals surface area contributed by atoms with Crippen molar-refractivity contribution in [3.63, 3.8) is 0 Å². The van der Waals surface area contributed by atoms with E-state index in [1.54, 1.807) is 11.8 Å². The first kappa shape index (κ1) is 11.9. The number of rotatable bonds is 2. The van der Waals surface area contributed by atoms with E-state index in [4.69, 9.17) is 5.73 Å². The Bertz CT molecular complexity index is 208. The molecular weight excluding hydrogens is 196 g/mol. The van der Waals surface area contributed by atoms with Gasteiger partial charge in [-0.25, -0.2) is 0 Å². The van der Waals surface area contributed by atoms with Crippen LogP contribution in [0.1, 0.15) is 32.6 Å². The molecule has 3 nitrogen and oxygen atoms in total. The lowest BCUT2D eigenvalue weighted by atomic mass is 9.90. The minimum Gasteiger partial charge on any atom is -0.340 e. The second-order valence-electron chi connectivity index (χ2n) is 4.14. The van der Waals surface area contributed by atoms with E-state index in [1.807, 2.05) is 7.05 Å². The van der Waals surface area contributed by atoms with Crippen LogP contribution >= 0.6 is 12.6 Å². The Morgan fingerprint density at radius 2 is 2.07 bits per heavy atom. The van der Waals surface area contributed by atoms with Gasteiger partial charge in [0.2, 0.25) is 5.91 Å². The number of carbonyl (C=O) groups is 1. The molecule has 14 heavy (non-hydrogen) atoms. The Kier molecular flexibility index (Phi) is 4.26. The molecule has 0 radical (unpaired) electrons. The number of thiol groups is 1. The summed E-state index contributed by atoms with van der Waals surface area (Å²) in [6.45, 7) is 1.80. The van der Waals surface area contributed by atoms with E-state index in [-0.39, 0.29) is 23.2 Å². The van der Waals surface area contributed by atoms with Gasteiger partial charge in [-0.1, -0.05) is 12.8 Å². The molecule has 0 aromatic heterocycles. The van der Waals surface area contributed by atoms with E-state index < -0.39 is 0 Å². The SMILES string of the molecule is CC(S)C(=O)N(C)C1CCCCC1N. The lowest BCUT2D eigenvalue weighted by Crippen LogP contribution is -2.51. The number of hydrogen-bond donors (Lipinski definition) is 2. The maximum atomic E-state index is 11.7. The molecule has 1 saturated carbocycles. The van der Waals surface area contributed by atoms with Gasteiger partial charge in [-0.3, -0.25) is 4.79 Å². The number of likely N-dealkylation sites (N-methyl/N-ethyl adjacent to an activating group) is 1. The second kappa shape index (κ2) is 5.03. The van der Waals surface area contributed by atoms with Gasteiger partial charge in [0.15, 0.2) is 0 Å². The molecule has 2 N–H and O–H groups in total. The highest BCUT2D eigenvalue weighted by Crippen LogP contribution is 2.21. The van der Waals surface area contributed by atoms with Gasteiger partial charge in [-0.15, -0.1) is 0 Å². The molecule has 1 amide bonds. The van der Waals surface area contributed by atoms with Crippen molar-refractivity contribution in [3.05, 3.63) is 0 Å². The summed E-state index contributed by atoms with van der Waals surface area (Å²) in [5, 5.41) is -0.228. The van der Waals surface area contributed by atoms with Crippen molar-refractivity contribution in [1.82, 2.24) is 4.90 Å². The average molecular weight is 216 g/mol. The third-order valence-corrected chi connectivity index (χ3v) is 3.20. The predicted octanol–water partition coefficient (Wildman–Crippen LogP) is 1.03. The molecule has 0 aromatic carbocycles. The highest BCUT2D eigenvalue weighted by molar-refractivity contribution is 7.81. The van der Waals surface area contributed by atoms with Crippen LogP contribution < -0.4 is 5.73 Å². The van der Waals surface area contributed by atoms with Gasteiger partial charge in [0, 0.05) is 19.1 Å². The Morgan fingerprint density at radius 3 is 2.57 bits per heavy atom. The predicted molar refractivity (Wildman–Crippen MR) is 61.4 cm³/mol. The molecule has 1 aliphatic rings. The molecule has 1 aliphatic carbocycles. The zero-order valence-electron chi connectivity index (χ0n) is 8.94. The molecule has 0 bridgehead atoms. The Morgan fingerprint density at radius 1 is 1.50 bits per heavy atom. The maximum absolute atomic E-state index is 11.7. The summed E-state index contributed by atoms with van der Waals surface area (Å²) < 4.78 is 0. The molecule has 0 spiro atoms. The van der Waals surface area contributed by atoms with Crippen LogP contribution in [-0.4, -0.2) is 35.2 Å². The van der Waals surface area contributed by atoms with E-state index in [1.165, 1.54) is 12.8 Å². The topological polar surface area (TPSA) is 46.3 Å². The first-order chi connectivity index (χ1) is 6.54. The number of amides is 1. The summed E-state index contributed by atoms with van der Waals surface area (Å²) in [4.78, 5) is 13.5. The lowest BCUT2D eigenvalue weighted by molar-refractivity contribution is -0.132. The number of nitrogens with zero attached hydrogens (tertiary/aromatic N) is 1. The number of carbonyl (C=O) groups excluding carboxylic acids is 1. The van der Waals surface area contributed by atoms with Crippen LogP contribution in [0.2, 0.25) is 0 Å². The van der Waals surface area contributed by atoms with Crippen molar-refractivity contribution in [2.75, 3.05) is 7.05 Å². The molecule has 0 aromatic rings. The van der Waals surface area contributed by atoms with Crippen LogP contribution in [0.3, 0.4) is 0 Å². The Labute approximate surface area is 91.4 Å². The Balaban J connectivity index is 2.57. The fraction of sp³-hybridized carbons (Fsp3) is 0.900. The Hall–Kier alpha value is -0.220. The number of hydrogen-bond acceptors (Lipinski definition) is 3. The van der Waals surface area contributed by atoms with Crippen molar-refractivity contribution in [1.29, 1.82) is 0 Å². The zero-order chi connectivity index (χ0) is 10.7. The summed E-state index contributed by atoms with van der Waals surface area (Å²) in [6, 6.07) is 0.357. The van der Waals surface area contributed by atoms with Crippen molar-refractivity contribution in [2.24, 2.45) is 5.73 Å². The third-order valence-electron chi connectivity index (χ3n) is 2.98. The third kappa shape index (κ3) is 2.64. The fourth-order valence-electron chi connectivity index (χ4n) is 2.08. The summed E-state index contributed by atoms with van der Waals surface area (Å²) in [7, 11) is 1.84. The monoisotopic (exact) mass is 216 g/mol. The fourth-order valence-corrected chi connectivity index (χ4v) is 2.26. The van der Waals surface area contributed by atoms with Crippen LogP contribution in [0.4, 0.5) is 0 Å². The van der Waals surface area contributed by atoms with Crippen LogP contribution in [0, 0.1) is 0 Å². The molecule has 4 heteroatoms. The van der Waals surface area contributed by atoms with Gasteiger partial charge >= 0.3 is 0 Å². The minimum atomic E-state index is -0.228. The van der Waals surface area contributed by atoms with Gasteiger partial charge < -0.3 is 10.6 Å². The van der Waals surface area contributed by atoms with E-state index in [0.29, 0.717) is 0 Å². The van der Waals surface area contributed by atoms with Crippen molar-refractivity contribution in [3.8, 4) is 0 Å². The molecule has 1 rings (SSSR count). The highest BCUT2D eigenvalue weighted by Gasteiger charge is 2.29. The van der Waals surface area contributed by atoms with E-state index >= 15 is 0 Å². The highest BCUT2D eigenvalue weighted by atomic mass is 32.1. The summed E-state index contributed by atoms with van der Waals surface area (Å²) in [5.41, 5.74) is 6.00. The minimum absolute atomic E-state index is 0.0793. The molecule has 3 atom stereocenters. The van der Waals surface area contributed by atoms with Gasteiger partial charge in [0.25, 0.3) is 0 Å². The van der Waals surface area contributed by atoms with Crippen molar-refractivity contribution < 1.29 is 4.79 Å². The van der Waals surface area contributed by atoms with Crippen LogP contribution in [0.15, 0.2) is 0 Å². The smallest absolute Gasteiger partial charge is 0.235 e. The number of nitrogens with two attached hydrogens (primary N) is 1. The van der Waals surface area contributed by atoms with Crippen LogP contribution in [0.25, 0.3) is 0 Å². The largest absolute Gasteiger partial charge is 0.340 e. The summed E-state index contributed by atoms with van der Waals surface area (Å²) in [5.74, 6) is 0.0793. The second-order valence-corrected chi connectivity index (χ2v) is 4.92. The van der Waals surface area contributed by atoms with Gasteiger partial charge in [-0.05, 0) is 19.8 Å². The molecule has 0 heterocycles. The molecular formula is C10H20N2OS. The standard InChI is InChI=1S/C10H20N2OS/c1-7(14)10(13)12(2)9-6-4-3-5-8(9)11/h7-9,14H,3-6,11H2,1-2H3. The zero-order valence-corrected chi connectivity index (χ0v) is 9.83. The first-order valence-electron chi connectivity index (χ1n) is 5.24. The van der Waals surface area contributed by atoms with Crippen molar-refractivity contribution in [2.45, 2.75) is 49.9 Å². The van der Waals surface area contributed by atoms with Gasteiger partial charge in [-0.2, -0.15) is 12.6 Å². The molecule has 1 fully saturated rings. The van der Waals surface area contributed by atoms with Gasteiger partial charge in [0.1, 0.15) is 0 Å². The van der Waals surface area contributed by atoms with Crippen LogP contribution in [-0.2, 0) is 4.79 Å². The summed E-state index contributed by atoms with van der Waals surface area (Å²) in [6.07, 6.45) is 4.43. The lowest BCUT2D eigenvalue weighted by Gasteiger charge is -2.36. The van der Waals surface area contributed by atoms with E-state index in [9.17, 15) is 4.79 Å². The molecule has 3 unspecified atom stereocenters. The normalized spacial score (nSPS) is 29.7. The maximum Gasteiger partial charge on any atom is 0.235 e. The molecule has 0 aliphatic heterocycles. The first-order valence-corrected chi connectivity index (χ1v) is 5.76. The van der Waals surface area contributed by atoms with Crippen molar-refractivity contribution >= 4 is 18.5 Å². The van der Waals surface area contributed by atoms with E-state index in [0.717, 1.165) is 12.8 Å². The summed E-state index contributed by atoms with van der Waals surface area (Å²) >= 11 is 4.15. The van der Waals surface area contributed by atoms with E-state index in [2.05, 4.69) is 12.6 Å². The molecule has 82 valence electrons. The molecule has 0 saturated heterocycles. The van der Waals surface area contributed by atoms with Crippen LogP contribution in [0.5, 0.6) is 0 Å². The average Bonchev–Trinajstić information content (AvgIpc) is 2.16. The quantitative estimate of drug-likeness (QED) is 0.677. The van der Waals surface area contributed by atoms with Gasteiger partial charge in [0.05, 0.1) is 5.25 Å².